The fraction of sp³-hybridized carbons (Fsp3) is 1.00. The molecular formula is C7H13Cl. The smallest absolute Gasteiger partial charge is 0.0337 e. The van der Waals surface area contributed by atoms with Gasteiger partial charge in [0.1, 0.15) is 0 Å². The summed E-state index contributed by atoms with van der Waals surface area (Å²) in [5.74, 6) is 0. The molecule has 0 aromatic carbocycles. The van der Waals surface area contributed by atoms with Gasteiger partial charge in [-0.2, -0.15) is 0 Å². The van der Waals surface area contributed by atoms with Gasteiger partial charge in [-0.05, 0) is 12.8 Å². The van der Waals surface area contributed by atoms with Gasteiger partial charge in [0, 0.05) is 5.38 Å². The molecule has 8 heavy (non-hydrogen) atoms. The lowest BCUT2D eigenvalue weighted by Gasteiger charge is -2.05. The maximum atomic E-state index is 5.39. The Balaban J connectivity index is 0.0000000800. The van der Waals surface area contributed by atoms with Crippen LogP contribution >= 0.6 is 11.6 Å². The molecular weight excluding hydrogens is 120 g/mol. The minimum Gasteiger partial charge on any atom is -0.123 e. The molecule has 48 valence electrons. The van der Waals surface area contributed by atoms with Crippen LogP contribution in [0.15, 0.2) is 0 Å². The largest absolute Gasteiger partial charge is 0.123 e. The van der Waals surface area contributed by atoms with Crippen LogP contribution in [0.1, 0.15) is 38.5 Å². The molecule has 0 saturated heterocycles. The van der Waals surface area contributed by atoms with Crippen molar-refractivity contribution >= 4 is 11.6 Å². The summed E-state index contributed by atoms with van der Waals surface area (Å²) in [4.78, 5) is 0. The van der Waals surface area contributed by atoms with E-state index in [9.17, 15) is 0 Å². The number of rotatable bonds is 0. The van der Waals surface area contributed by atoms with E-state index in [2.05, 4.69) is 0 Å². The van der Waals surface area contributed by atoms with Gasteiger partial charge in [-0.25, -0.2) is 0 Å². The molecule has 0 nitrogen and oxygen atoms in total. The zero-order valence-corrected chi connectivity index (χ0v) is 5.95. The fourth-order valence-electron chi connectivity index (χ4n) is 0.313. The van der Waals surface area contributed by atoms with E-state index in [-0.39, 0.29) is 0 Å². The Morgan fingerprint density at radius 3 is 1.12 bits per heavy atom. The molecule has 0 radical (unpaired) electrons. The SMILES string of the molecule is C1CCC1.ClC1CC1. The standard InChI is InChI=1S/C4H8.C3H5Cl/c1-2-4-3-1;4-3-1-2-3/h1-4H2;3H,1-2H2. The van der Waals surface area contributed by atoms with Crippen molar-refractivity contribution < 1.29 is 0 Å². The third-order valence-electron chi connectivity index (χ3n) is 1.51. The summed E-state index contributed by atoms with van der Waals surface area (Å²) < 4.78 is 0. The maximum Gasteiger partial charge on any atom is 0.0337 e. The second-order valence-electron chi connectivity index (χ2n) is 2.59. The van der Waals surface area contributed by atoms with Gasteiger partial charge >= 0.3 is 0 Å². The summed E-state index contributed by atoms with van der Waals surface area (Å²) in [6.45, 7) is 0. The Hall–Kier alpha value is 0.290. The summed E-state index contributed by atoms with van der Waals surface area (Å²) in [5, 5.41) is 0.556. The minimum atomic E-state index is 0.556. The van der Waals surface area contributed by atoms with Gasteiger partial charge in [-0.3, -0.25) is 0 Å². The number of hydrogen-bond acceptors (Lipinski definition) is 0. The zero-order valence-electron chi connectivity index (χ0n) is 5.20. The van der Waals surface area contributed by atoms with Crippen LogP contribution in [0.3, 0.4) is 0 Å². The maximum absolute atomic E-state index is 5.39. The van der Waals surface area contributed by atoms with Gasteiger partial charge in [0.05, 0.1) is 0 Å². The van der Waals surface area contributed by atoms with Crippen LogP contribution in [0.4, 0.5) is 0 Å². The van der Waals surface area contributed by atoms with Crippen LogP contribution in [-0.2, 0) is 0 Å². The van der Waals surface area contributed by atoms with E-state index in [0.717, 1.165) is 0 Å². The lowest BCUT2D eigenvalue weighted by atomic mass is 10.0. The van der Waals surface area contributed by atoms with Crippen LogP contribution in [-0.4, -0.2) is 5.38 Å². The Labute approximate surface area is 56.2 Å². The average Bonchev–Trinajstić information content (AvgIpc) is 2.13. The lowest BCUT2D eigenvalue weighted by molar-refractivity contribution is 0.504. The predicted molar refractivity (Wildman–Crippen MR) is 37.3 cm³/mol. The molecule has 0 bridgehead atoms. The van der Waals surface area contributed by atoms with E-state index in [1.54, 1.807) is 0 Å². The molecule has 0 spiro atoms. The van der Waals surface area contributed by atoms with E-state index in [0.29, 0.717) is 5.38 Å². The van der Waals surface area contributed by atoms with Gasteiger partial charge in [-0.15, -0.1) is 11.6 Å². The second-order valence-corrected chi connectivity index (χ2v) is 3.21. The van der Waals surface area contributed by atoms with Gasteiger partial charge in [-0.1, -0.05) is 25.7 Å². The van der Waals surface area contributed by atoms with Crippen molar-refractivity contribution in [3.05, 3.63) is 0 Å². The first-order valence-corrected chi connectivity index (χ1v) is 3.97. The van der Waals surface area contributed by atoms with E-state index < -0.39 is 0 Å². The molecule has 2 fully saturated rings. The number of hydrogen-bond donors (Lipinski definition) is 0. The Kier molecular flexibility index (Phi) is 2.68. The molecule has 0 aromatic heterocycles. The predicted octanol–water partition coefficient (Wildman–Crippen LogP) is 2.95. The molecule has 2 rings (SSSR count). The highest BCUT2D eigenvalue weighted by Gasteiger charge is 2.15. The van der Waals surface area contributed by atoms with Crippen molar-refractivity contribution in [2.75, 3.05) is 0 Å². The van der Waals surface area contributed by atoms with E-state index in [4.69, 9.17) is 11.6 Å². The first-order chi connectivity index (χ1) is 3.89. The molecule has 0 atom stereocenters. The summed E-state index contributed by atoms with van der Waals surface area (Å²) in [6.07, 6.45) is 8.50. The summed E-state index contributed by atoms with van der Waals surface area (Å²) in [6, 6.07) is 0. The van der Waals surface area contributed by atoms with Gasteiger partial charge in [0.25, 0.3) is 0 Å². The third-order valence-corrected chi connectivity index (χ3v) is 1.94. The van der Waals surface area contributed by atoms with Crippen molar-refractivity contribution in [1.29, 1.82) is 0 Å². The van der Waals surface area contributed by atoms with Crippen LogP contribution in [0.2, 0.25) is 0 Å². The van der Waals surface area contributed by atoms with Crippen LogP contribution in [0, 0.1) is 0 Å². The highest BCUT2D eigenvalue weighted by Crippen LogP contribution is 2.25. The normalized spacial score (nSPS) is 25.1. The molecule has 2 aliphatic rings. The van der Waals surface area contributed by atoms with E-state index >= 15 is 0 Å². The highest BCUT2D eigenvalue weighted by molar-refractivity contribution is 6.22. The van der Waals surface area contributed by atoms with Crippen molar-refractivity contribution in [3.8, 4) is 0 Å². The van der Waals surface area contributed by atoms with Gasteiger partial charge in [0.15, 0.2) is 0 Å². The van der Waals surface area contributed by atoms with Gasteiger partial charge < -0.3 is 0 Å². The molecule has 0 N–H and O–H groups in total. The highest BCUT2D eigenvalue weighted by atomic mass is 35.5. The van der Waals surface area contributed by atoms with E-state index in [1.165, 1.54) is 38.5 Å². The van der Waals surface area contributed by atoms with Crippen LogP contribution < -0.4 is 0 Å². The molecule has 2 saturated carbocycles. The Morgan fingerprint density at radius 1 is 0.875 bits per heavy atom. The number of halogens is 1. The zero-order chi connectivity index (χ0) is 5.82. The van der Waals surface area contributed by atoms with Crippen LogP contribution in [0.25, 0.3) is 0 Å². The second kappa shape index (κ2) is 3.34. The van der Waals surface area contributed by atoms with E-state index in [1.807, 2.05) is 0 Å². The first-order valence-electron chi connectivity index (χ1n) is 3.53. The Bertz CT molecular complexity index is 49.4. The fourth-order valence-corrected chi connectivity index (χ4v) is 0.439. The summed E-state index contributed by atoms with van der Waals surface area (Å²) in [5.41, 5.74) is 0. The summed E-state index contributed by atoms with van der Waals surface area (Å²) in [7, 11) is 0. The molecule has 0 amide bonds. The first kappa shape index (κ1) is 6.41. The molecule has 0 heterocycles. The monoisotopic (exact) mass is 132 g/mol. The lowest BCUT2D eigenvalue weighted by Crippen LogP contribution is -1.85. The third kappa shape index (κ3) is 3.31. The molecule has 2 aliphatic carbocycles. The molecule has 0 unspecified atom stereocenters. The van der Waals surface area contributed by atoms with Crippen LogP contribution in [0.5, 0.6) is 0 Å². The summed E-state index contributed by atoms with van der Waals surface area (Å²) >= 11 is 5.39. The topological polar surface area (TPSA) is 0 Å². The van der Waals surface area contributed by atoms with Crippen molar-refractivity contribution in [2.45, 2.75) is 43.9 Å². The minimum absolute atomic E-state index is 0.556. The van der Waals surface area contributed by atoms with Gasteiger partial charge in [0.2, 0.25) is 0 Å². The average molecular weight is 133 g/mol. The number of alkyl halides is 1. The molecule has 1 heteroatoms. The van der Waals surface area contributed by atoms with Crippen molar-refractivity contribution in [2.24, 2.45) is 0 Å². The quantitative estimate of drug-likeness (QED) is 0.445. The molecule has 0 aliphatic heterocycles. The Morgan fingerprint density at radius 2 is 1.12 bits per heavy atom. The molecule has 0 aromatic rings. The van der Waals surface area contributed by atoms with Crippen molar-refractivity contribution in [1.82, 2.24) is 0 Å². The van der Waals surface area contributed by atoms with Crippen molar-refractivity contribution in [3.63, 3.8) is 0 Å².